The van der Waals surface area contributed by atoms with Crippen LogP contribution in [0.5, 0.6) is 0 Å². The predicted molar refractivity (Wildman–Crippen MR) is 66.0 cm³/mol. The van der Waals surface area contributed by atoms with Crippen LogP contribution in [0.4, 0.5) is 0 Å². The van der Waals surface area contributed by atoms with Crippen molar-refractivity contribution in [2.75, 3.05) is 7.05 Å². The number of nitrogens with zero attached hydrogens (tertiary/aromatic N) is 1. The summed E-state index contributed by atoms with van der Waals surface area (Å²) in [6, 6.07) is -1.41. The molecule has 0 heterocycles. The summed E-state index contributed by atoms with van der Waals surface area (Å²) in [5.41, 5.74) is 10.4. The summed E-state index contributed by atoms with van der Waals surface area (Å²) in [6.07, 6.45) is -4.04. The Hall–Kier alpha value is -0.740. The molecule has 0 bridgehead atoms. The van der Waals surface area contributed by atoms with E-state index < -0.39 is 38.2 Å². The molecule has 0 spiro atoms. The first kappa shape index (κ1) is 16.3. The van der Waals surface area contributed by atoms with Crippen molar-refractivity contribution < 1.29 is 29.1 Å². The fourth-order valence-electron chi connectivity index (χ4n) is 2.09. The zero-order valence-corrected chi connectivity index (χ0v) is 11.1. The van der Waals surface area contributed by atoms with E-state index in [1.54, 1.807) is 0 Å². The van der Waals surface area contributed by atoms with Gasteiger partial charge in [-0.2, -0.15) is 0 Å². The van der Waals surface area contributed by atoms with Gasteiger partial charge in [0.15, 0.2) is 5.96 Å². The van der Waals surface area contributed by atoms with Crippen LogP contribution in [0.2, 0.25) is 0 Å². The van der Waals surface area contributed by atoms with Crippen molar-refractivity contribution in [1.29, 1.82) is 0 Å². The van der Waals surface area contributed by atoms with Gasteiger partial charge in [0.25, 0.3) is 0 Å². The molecule has 10 nitrogen and oxygen atoms in total. The average molecular weight is 298 g/mol. The van der Waals surface area contributed by atoms with Crippen molar-refractivity contribution in [2.45, 2.75) is 36.8 Å². The molecule has 9 N–H and O–H groups in total. The van der Waals surface area contributed by atoms with Crippen LogP contribution in [-0.4, -0.2) is 63.4 Å². The molecular formula is C8H19N4O6P. The van der Waals surface area contributed by atoms with Crippen molar-refractivity contribution in [3.05, 3.63) is 0 Å². The van der Waals surface area contributed by atoms with Crippen molar-refractivity contribution >= 4 is 13.8 Å². The smallest absolute Gasteiger partial charge is 0.388 e. The van der Waals surface area contributed by atoms with E-state index in [0.717, 1.165) is 0 Å². The number of aliphatic imine (C=N–C) groups is 1. The van der Waals surface area contributed by atoms with E-state index in [2.05, 4.69) is 14.8 Å². The van der Waals surface area contributed by atoms with Crippen molar-refractivity contribution in [2.24, 2.45) is 16.5 Å². The lowest BCUT2D eigenvalue weighted by Gasteiger charge is -2.40. The third-order valence-electron chi connectivity index (χ3n) is 2.92. The predicted octanol–water partition coefficient (Wildman–Crippen LogP) is -3.18. The number of phosphoric acid groups is 1. The number of aliphatic hydroxyl groups excluding tert-OH is 2. The van der Waals surface area contributed by atoms with Crippen LogP contribution >= 0.6 is 7.82 Å². The number of hydrogen-bond acceptors (Lipinski definition) is 6. The van der Waals surface area contributed by atoms with Crippen LogP contribution in [0.25, 0.3) is 0 Å². The molecule has 0 aromatic carbocycles. The van der Waals surface area contributed by atoms with Gasteiger partial charge in [0, 0.05) is 6.04 Å². The maximum Gasteiger partial charge on any atom is 0.469 e. The summed E-state index contributed by atoms with van der Waals surface area (Å²) in [6.45, 7) is 0. The number of phosphoric ester groups is 1. The number of nitrogens with one attached hydrogen (secondary N) is 1. The Balaban J connectivity index is 2.92. The van der Waals surface area contributed by atoms with Crippen LogP contribution in [0, 0.1) is 0 Å². The van der Waals surface area contributed by atoms with Gasteiger partial charge in [0.2, 0.25) is 0 Å². The summed E-state index contributed by atoms with van der Waals surface area (Å²) < 4.78 is 15.4. The molecule has 0 aliphatic heterocycles. The Morgan fingerprint density at radius 3 is 2.37 bits per heavy atom. The maximum absolute atomic E-state index is 10.9. The van der Waals surface area contributed by atoms with Crippen LogP contribution in [0.1, 0.15) is 6.42 Å². The minimum atomic E-state index is -4.79. The highest BCUT2D eigenvalue weighted by Crippen LogP contribution is 2.41. The first-order valence-electron chi connectivity index (χ1n) is 5.51. The lowest BCUT2D eigenvalue weighted by Crippen LogP contribution is -2.60. The Labute approximate surface area is 109 Å². The minimum absolute atomic E-state index is 0.150. The van der Waals surface area contributed by atoms with Gasteiger partial charge in [0.1, 0.15) is 18.3 Å². The van der Waals surface area contributed by atoms with Gasteiger partial charge < -0.3 is 36.8 Å². The molecule has 0 radical (unpaired) electrons. The largest absolute Gasteiger partial charge is 0.469 e. The summed E-state index contributed by atoms with van der Waals surface area (Å²) in [5, 5.41) is 22.5. The molecular weight excluding hydrogens is 279 g/mol. The second-order valence-corrected chi connectivity index (χ2v) is 5.49. The SMILES string of the molecule is CN[C@@H]1C[C@H](N=C(N)N)[C@@H](O)[C@H](O)[C@H]1OP(=O)(O)O. The fourth-order valence-corrected chi connectivity index (χ4v) is 2.68. The molecule has 0 saturated heterocycles. The molecule has 1 rings (SSSR count). The Kier molecular flexibility index (Phi) is 5.27. The fraction of sp³-hybridized carbons (Fsp3) is 0.875. The van der Waals surface area contributed by atoms with E-state index >= 15 is 0 Å². The first-order chi connectivity index (χ1) is 8.65. The van der Waals surface area contributed by atoms with Crippen molar-refractivity contribution in [3.63, 3.8) is 0 Å². The number of aliphatic hydroxyl groups is 2. The topological polar surface area (TPSA) is 184 Å². The Bertz CT molecular complexity index is 381. The van der Waals surface area contributed by atoms with Crippen LogP contribution < -0.4 is 16.8 Å². The maximum atomic E-state index is 10.9. The van der Waals surface area contributed by atoms with Crippen molar-refractivity contribution in [1.82, 2.24) is 5.32 Å². The number of nitrogens with two attached hydrogens (primary N) is 2. The molecule has 112 valence electrons. The Morgan fingerprint density at radius 1 is 1.37 bits per heavy atom. The Morgan fingerprint density at radius 2 is 1.95 bits per heavy atom. The van der Waals surface area contributed by atoms with Gasteiger partial charge in [-0.15, -0.1) is 0 Å². The van der Waals surface area contributed by atoms with Crippen LogP contribution in [-0.2, 0) is 9.09 Å². The summed E-state index contributed by atoms with van der Waals surface area (Å²) in [7, 11) is -3.27. The third-order valence-corrected chi connectivity index (χ3v) is 3.44. The standard InChI is InChI=1S/C8H19N4O6P/c1-11-4-2-3(12-8(9)10)5(13)6(14)7(4)18-19(15,16)17/h3-7,11,13-14H,2H2,1H3,(H4,9,10,12)(H2,15,16,17)/t3-,4+,5+,6-,7-/m0/s1. The van der Waals surface area contributed by atoms with Gasteiger partial charge in [0.05, 0.1) is 6.04 Å². The summed E-state index contributed by atoms with van der Waals surface area (Å²) in [5.74, 6) is -0.250. The molecule has 1 aliphatic rings. The quantitative estimate of drug-likeness (QED) is 0.160. The average Bonchev–Trinajstić information content (AvgIpc) is 2.26. The lowest BCUT2D eigenvalue weighted by molar-refractivity contribution is -0.101. The van der Waals surface area contributed by atoms with Crippen LogP contribution in [0.3, 0.4) is 0 Å². The van der Waals surface area contributed by atoms with E-state index in [4.69, 9.17) is 21.3 Å². The zero-order chi connectivity index (χ0) is 14.8. The van der Waals surface area contributed by atoms with Crippen LogP contribution in [0.15, 0.2) is 4.99 Å². The van der Waals surface area contributed by atoms with E-state index in [-0.39, 0.29) is 12.4 Å². The number of likely N-dealkylation sites (N-methyl/N-ethyl adjacent to an activating group) is 1. The van der Waals surface area contributed by atoms with Gasteiger partial charge in [-0.3, -0.25) is 4.52 Å². The second kappa shape index (κ2) is 6.14. The van der Waals surface area contributed by atoms with Gasteiger partial charge in [-0.05, 0) is 13.5 Å². The number of guanidine groups is 1. The monoisotopic (exact) mass is 298 g/mol. The summed E-state index contributed by atoms with van der Waals surface area (Å²) in [4.78, 5) is 21.4. The molecule has 0 aromatic rings. The molecule has 1 saturated carbocycles. The highest BCUT2D eigenvalue weighted by Gasteiger charge is 2.46. The molecule has 0 amide bonds. The van der Waals surface area contributed by atoms with Gasteiger partial charge >= 0.3 is 7.82 Å². The van der Waals surface area contributed by atoms with E-state index in [9.17, 15) is 14.8 Å². The second-order valence-electron chi connectivity index (χ2n) is 4.29. The molecule has 11 heteroatoms. The molecule has 5 atom stereocenters. The molecule has 0 aromatic heterocycles. The molecule has 19 heavy (non-hydrogen) atoms. The normalized spacial score (nSPS) is 35.9. The highest BCUT2D eigenvalue weighted by atomic mass is 31.2. The van der Waals surface area contributed by atoms with E-state index in [1.165, 1.54) is 7.05 Å². The van der Waals surface area contributed by atoms with E-state index in [1.807, 2.05) is 0 Å². The van der Waals surface area contributed by atoms with Crippen molar-refractivity contribution in [3.8, 4) is 0 Å². The highest BCUT2D eigenvalue weighted by molar-refractivity contribution is 7.46. The lowest BCUT2D eigenvalue weighted by atomic mass is 9.84. The third kappa shape index (κ3) is 4.39. The first-order valence-corrected chi connectivity index (χ1v) is 7.05. The van der Waals surface area contributed by atoms with Gasteiger partial charge in [-0.1, -0.05) is 0 Å². The minimum Gasteiger partial charge on any atom is -0.388 e. The number of hydrogen-bond donors (Lipinski definition) is 7. The number of rotatable bonds is 4. The summed E-state index contributed by atoms with van der Waals surface area (Å²) >= 11 is 0. The molecule has 1 fully saturated rings. The zero-order valence-electron chi connectivity index (χ0n) is 10.2. The van der Waals surface area contributed by atoms with Gasteiger partial charge in [-0.25, -0.2) is 9.56 Å². The molecule has 1 aliphatic carbocycles. The molecule has 0 unspecified atom stereocenters. The van der Waals surface area contributed by atoms with E-state index in [0.29, 0.717) is 0 Å².